The Morgan fingerprint density at radius 1 is 1.12 bits per heavy atom. The average Bonchev–Trinajstić information content (AvgIpc) is 3.62. The van der Waals surface area contributed by atoms with Gasteiger partial charge in [0.2, 0.25) is 0 Å². The van der Waals surface area contributed by atoms with E-state index >= 15 is 0 Å². The van der Waals surface area contributed by atoms with E-state index in [-0.39, 0.29) is 17.5 Å². The average molecular weight is 427 g/mol. The zero-order chi connectivity index (χ0) is 22.4. The first kappa shape index (κ1) is 20.4. The second-order valence-corrected chi connectivity index (χ2v) is 8.99. The number of amides is 1. The number of benzene rings is 2. The van der Waals surface area contributed by atoms with Gasteiger partial charge in [0.05, 0.1) is 22.9 Å². The van der Waals surface area contributed by atoms with Crippen molar-refractivity contribution in [2.75, 3.05) is 6.54 Å². The first-order valence-electron chi connectivity index (χ1n) is 11.1. The molecule has 0 aliphatic heterocycles. The summed E-state index contributed by atoms with van der Waals surface area (Å²) in [5, 5.41) is 1.54. The molecular weight excluding hydrogens is 400 g/mol. The molecule has 6 heteroatoms. The lowest BCUT2D eigenvalue weighted by Crippen LogP contribution is -2.38. The number of aromatic nitrogens is 3. The third-order valence-corrected chi connectivity index (χ3v) is 6.20. The standard InChI is InChI=1S/C26H26N4O2/c1-16(2)30(15-17-4-5-17)25(31)20-7-9-22-23(13-20)28-24(14-27-22)19-6-8-21-18(12-19)10-11-29(3)26(21)32/h6-14,16-17H,4-5,15H2,1-3H3. The number of carbonyl (C=O) groups excluding carboxylic acids is 1. The molecule has 0 N–H and O–H groups in total. The summed E-state index contributed by atoms with van der Waals surface area (Å²) in [4.78, 5) is 36.8. The zero-order valence-corrected chi connectivity index (χ0v) is 18.6. The monoisotopic (exact) mass is 426 g/mol. The molecule has 1 saturated carbocycles. The van der Waals surface area contributed by atoms with Crippen LogP contribution in [0.1, 0.15) is 37.0 Å². The van der Waals surface area contributed by atoms with Gasteiger partial charge in [-0.3, -0.25) is 14.6 Å². The smallest absolute Gasteiger partial charge is 0.258 e. The van der Waals surface area contributed by atoms with E-state index in [0.29, 0.717) is 28.1 Å². The van der Waals surface area contributed by atoms with Crippen molar-refractivity contribution in [1.82, 2.24) is 19.4 Å². The molecule has 5 rings (SSSR count). The number of carbonyl (C=O) groups is 1. The molecule has 0 atom stereocenters. The van der Waals surface area contributed by atoms with Crippen LogP contribution >= 0.6 is 0 Å². The van der Waals surface area contributed by atoms with Crippen LogP contribution in [0.15, 0.2) is 59.7 Å². The number of fused-ring (bicyclic) bond motifs is 2. The van der Waals surface area contributed by atoms with Crippen molar-refractivity contribution >= 4 is 27.7 Å². The fraction of sp³-hybridized carbons (Fsp3) is 0.308. The highest BCUT2D eigenvalue weighted by Crippen LogP contribution is 2.31. The van der Waals surface area contributed by atoms with Crippen LogP contribution in [0.5, 0.6) is 0 Å². The van der Waals surface area contributed by atoms with E-state index in [1.807, 2.05) is 47.4 Å². The van der Waals surface area contributed by atoms with Gasteiger partial charge in [0.1, 0.15) is 0 Å². The van der Waals surface area contributed by atoms with Crippen molar-refractivity contribution in [2.24, 2.45) is 13.0 Å². The Morgan fingerprint density at radius 2 is 1.94 bits per heavy atom. The summed E-state index contributed by atoms with van der Waals surface area (Å²) in [6.07, 6.45) is 5.92. The van der Waals surface area contributed by atoms with Crippen molar-refractivity contribution in [3.8, 4) is 11.3 Å². The summed E-state index contributed by atoms with van der Waals surface area (Å²) >= 11 is 0. The van der Waals surface area contributed by atoms with Crippen LogP contribution in [0.2, 0.25) is 0 Å². The number of hydrogen-bond donors (Lipinski definition) is 0. The van der Waals surface area contributed by atoms with Gasteiger partial charge in [-0.1, -0.05) is 6.07 Å². The third kappa shape index (κ3) is 3.77. The van der Waals surface area contributed by atoms with E-state index in [0.717, 1.165) is 23.0 Å². The molecule has 1 aliphatic rings. The van der Waals surface area contributed by atoms with Crippen LogP contribution in [0.25, 0.3) is 33.1 Å². The topological polar surface area (TPSA) is 68.1 Å². The SMILES string of the molecule is CC(C)N(CC1CC1)C(=O)c1ccc2ncc(-c3ccc4c(=O)n(C)ccc4c3)nc2c1. The Balaban J connectivity index is 1.52. The third-order valence-electron chi connectivity index (χ3n) is 6.20. The normalized spacial score (nSPS) is 13.8. The molecule has 4 aromatic rings. The van der Waals surface area contributed by atoms with Crippen molar-refractivity contribution in [3.63, 3.8) is 0 Å². The van der Waals surface area contributed by atoms with Crippen LogP contribution in [-0.2, 0) is 7.05 Å². The van der Waals surface area contributed by atoms with Gasteiger partial charge in [0.25, 0.3) is 11.5 Å². The second-order valence-electron chi connectivity index (χ2n) is 8.99. The molecular formula is C26H26N4O2. The van der Waals surface area contributed by atoms with E-state index in [9.17, 15) is 9.59 Å². The first-order chi connectivity index (χ1) is 15.4. The zero-order valence-electron chi connectivity index (χ0n) is 18.6. The molecule has 0 saturated heterocycles. The van der Waals surface area contributed by atoms with Crippen molar-refractivity contribution in [2.45, 2.75) is 32.7 Å². The summed E-state index contributed by atoms with van der Waals surface area (Å²) in [6, 6.07) is 13.3. The lowest BCUT2D eigenvalue weighted by atomic mass is 10.1. The summed E-state index contributed by atoms with van der Waals surface area (Å²) in [6.45, 7) is 4.94. The van der Waals surface area contributed by atoms with Gasteiger partial charge in [-0.05, 0) is 74.4 Å². The molecule has 2 heterocycles. The van der Waals surface area contributed by atoms with Crippen LogP contribution < -0.4 is 5.56 Å². The molecule has 162 valence electrons. The minimum absolute atomic E-state index is 0.0253. The Bertz CT molecular complexity index is 1400. The van der Waals surface area contributed by atoms with Crippen LogP contribution in [0.4, 0.5) is 0 Å². The van der Waals surface area contributed by atoms with Gasteiger partial charge >= 0.3 is 0 Å². The summed E-state index contributed by atoms with van der Waals surface area (Å²) < 4.78 is 1.57. The predicted octanol–water partition coefficient (Wildman–Crippen LogP) is 4.41. The van der Waals surface area contributed by atoms with Gasteiger partial charge in [-0.2, -0.15) is 0 Å². The van der Waals surface area contributed by atoms with Crippen LogP contribution in [0, 0.1) is 5.92 Å². The van der Waals surface area contributed by atoms with E-state index in [1.54, 1.807) is 24.0 Å². The number of aryl methyl sites for hydroxylation is 1. The Kier molecular flexibility index (Phi) is 5.00. The largest absolute Gasteiger partial charge is 0.336 e. The highest BCUT2D eigenvalue weighted by atomic mass is 16.2. The summed E-state index contributed by atoms with van der Waals surface area (Å²) in [5.41, 5.74) is 3.65. The Hall–Kier alpha value is -3.54. The Labute approximate surface area is 186 Å². The summed E-state index contributed by atoms with van der Waals surface area (Å²) in [5.74, 6) is 0.681. The molecule has 6 nitrogen and oxygen atoms in total. The second kappa shape index (κ2) is 7.86. The number of rotatable bonds is 5. The fourth-order valence-electron chi connectivity index (χ4n) is 4.06. The first-order valence-corrected chi connectivity index (χ1v) is 11.1. The van der Waals surface area contributed by atoms with Crippen molar-refractivity contribution in [3.05, 3.63) is 70.8 Å². The maximum Gasteiger partial charge on any atom is 0.258 e. The molecule has 0 bridgehead atoms. The van der Waals surface area contributed by atoms with Gasteiger partial charge in [-0.25, -0.2) is 4.98 Å². The van der Waals surface area contributed by atoms with Gasteiger partial charge in [-0.15, -0.1) is 0 Å². The summed E-state index contributed by atoms with van der Waals surface area (Å²) in [7, 11) is 1.74. The van der Waals surface area contributed by atoms with E-state index in [4.69, 9.17) is 4.98 Å². The maximum absolute atomic E-state index is 13.2. The lowest BCUT2D eigenvalue weighted by Gasteiger charge is -2.27. The molecule has 0 unspecified atom stereocenters. The minimum atomic E-state index is -0.0253. The fourth-order valence-corrected chi connectivity index (χ4v) is 4.06. The van der Waals surface area contributed by atoms with Crippen molar-refractivity contribution < 1.29 is 4.79 Å². The van der Waals surface area contributed by atoms with E-state index in [2.05, 4.69) is 18.8 Å². The van der Waals surface area contributed by atoms with Gasteiger partial charge in [0, 0.05) is 42.3 Å². The molecule has 2 aromatic carbocycles. The molecule has 0 radical (unpaired) electrons. The van der Waals surface area contributed by atoms with Crippen LogP contribution in [0.3, 0.4) is 0 Å². The predicted molar refractivity (Wildman–Crippen MR) is 127 cm³/mol. The Morgan fingerprint density at radius 3 is 2.69 bits per heavy atom. The molecule has 0 spiro atoms. The molecule has 32 heavy (non-hydrogen) atoms. The van der Waals surface area contributed by atoms with Gasteiger partial charge in [0.15, 0.2) is 0 Å². The van der Waals surface area contributed by atoms with E-state index in [1.165, 1.54) is 12.8 Å². The number of hydrogen-bond acceptors (Lipinski definition) is 4. The highest BCUT2D eigenvalue weighted by Gasteiger charge is 2.28. The molecule has 2 aromatic heterocycles. The number of nitrogens with zero attached hydrogens (tertiary/aromatic N) is 4. The maximum atomic E-state index is 13.2. The number of pyridine rings is 1. The van der Waals surface area contributed by atoms with Gasteiger partial charge < -0.3 is 9.47 Å². The van der Waals surface area contributed by atoms with E-state index < -0.39 is 0 Å². The quantitative estimate of drug-likeness (QED) is 0.474. The highest BCUT2D eigenvalue weighted by molar-refractivity contribution is 5.97. The lowest BCUT2D eigenvalue weighted by molar-refractivity contribution is 0.0696. The molecule has 1 aliphatic carbocycles. The minimum Gasteiger partial charge on any atom is -0.336 e. The molecule has 1 fully saturated rings. The molecule has 1 amide bonds. The van der Waals surface area contributed by atoms with Crippen LogP contribution in [-0.4, -0.2) is 37.9 Å². The van der Waals surface area contributed by atoms with Crippen molar-refractivity contribution in [1.29, 1.82) is 0 Å².